The zero-order chi connectivity index (χ0) is 44.6. The molecule has 0 unspecified atom stereocenters. The van der Waals surface area contributed by atoms with E-state index in [4.69, 9.17) is 33.3 Å². The zero-order valence-corrected chi connectivity index (χ0v) is 35.8. The molecule has 7 rings (SSSR count). The Balaban J connectivity index is 1.11. The lowest BCUT2D eigenvalue weighted by Gasteiger charge is -2.50. The van der Waals surface area contributed by atoms with E-state index in [1.54, 1.807) is 65.0 Å². The molecule has 4 heterocycles. The van der Waals surface area contributed by atoms with Gasteiger partial charge in [-0.3, -0.25) is 24.0 Å². The van der Waals surface area contributed by atoms with E-state index in [-0.39, 0.29) is 45.6 Å². The summed E-state index contributed by atoms with van der Waals surface area (Å²) in [5, 5.41) is 14.5. The standard InChI is InChI=1S/C45H55N3O14/c1-43(2,3)61-33(51)19-17-29(23-49)46-39(52)30(20-27-10-8-7-9-11-27)47(6)42(55)45-21-31-34-35(58-25-57-34)37(45)62-48(36(45)40(53)59-31)22-28-14-12-26(13-15-28)16-18-32(50)60-38-41(54)56-24-44(38,4)5/h7-16,18,29-31,34-38,49H,17,19-25H2,1-6H3,(H,46,52)/t29-,30+,31+,34-,35-,36-,37+,38-,45-/m0/s1. The van der Waals surface area contributed by atoms with Gasteiger partial charge >= 0.3 is 23.9 Å². The summed E-state index contributed by atoms with van der Waals surface area (Å²) in [7, 11) is 1.51. The van der Waals surface area contributed by atoms with Crippen molar-refractivity contribution in [3.63, 3.8) is 0 Å². The highest BCUT2D eigenvalue weighted by Crippen LogP contribution is 2.56. The summed E-state index contributed by atoms with van der Waals surface area (Å²) in [4.78, 5) is 88.8. The molecule has 5 aliphatic rings. The number of fused-ring (bicyclic) bond motifs is 4. The van der Waals surface area contributed by atoms with E-state index in [9.17, 15) is 29.1 Å². The van der Waals surface area contributed by atoms with E-state index in [2.05, 4.69) is 5.32 Å². The van der Waals surface area contributed by atoms with Crippen LogP contribution in [0.15, 0.2) is 60.7 Å². The van der Waals surface area contributed by atoms with Gasteiger partial charge in [0.15, 0.2) is 6.04 Å². The van der Waals surface area contributed by atoms with Gasteiger partial charge in [0, 0.05) is 37.8 Å². The van der Waals surface area contributed by atoms with Gasteiger partial charge < -0.3 is 43.7 Å². The maximum absolute atomic E-state index is 15.4. The Hall–Kier alpha value is -5.20. The van der Waals surface area contributed by atoms with E-state index in [0.717, 1.165) is 5.56 Å². The number of hydrogen-bond acceptors (Lipinski definition) is 15. The first-order valence-electron chi connectivity index (χ1n) is 20.9. The second-order valence-electron chi connectivity index (χ2n) is 18.2. The number of nitrogens with zero attached hydrogens (tertiary/aromatic N) is 2. The zero-order valence-electron chi connectivity index (χ0n) is 35.8. The Kier molecular flexibility index (Phi) is 12.9. The molecule has 17 nitrogen and oxygen atoms in total. The Labute approximate surface area is 359 Å². The van der Waals surface area contributed by atoms with Gasteiger partial charge in [-0.2, -0.15) is 5.06 Å². The monoisotopic (exact) mass is 861 g/mol. The number of nitrogens with one attached hydrogen (secondary N) is 1. The SMILES string of the molecule is CN(C(=O)[C@@]12C[C@H]3OC(=O)[C@@H]1N(Cc1ccc(C=CC(=O)O[C@H]4C(=O)OCC4(C)C)cc1)O[C@@H]2[C@H]1OCO[C@H]13)[C@H](Cc1ccccc1)C(=O)N[C@H](CO)CCC(=O)OC(C)(C)C. The molecule has 1 aliphatic carbocycles. The highest BCUT2D eigenvalue weighted by molar-refractivity contribution is 5.96. The van der Waals surface area contributed by atoms with Crippen molar-refractivity contribution in [3.8, 4) is 0 Å². The molecule has 2 aromatic rings. The topological polar surface area (TPSA) is 206 Å². The quantitative estimate of drug-likeness (QED) is 0.150. The molecule has 4 aliphatic heterocycles. The van der Waals surface area contributed by atoms with Gasteiger partial charge in [-0.15, -0.1) is 0 Å². The first-order chi connectivity index (χ1) is 29.4. The van der Waals surface area contributed by atoms with Crippen molar-refractivity contribution in [2.24, 2.45) is 10.8 Å². The van der Waals surface area contributed by atoms with Crippen molar-refractivity contribution >= 4 is 41.8 Å². The van der Waals surface area contributed by atoms with Crippen molar-refractivity contribution in [1.29, 1.82) is 0 Å². The number of cyclic esters (lactones) is 1. The third-order valence-electron chi connectivity index (χ3n) is 12.0. The van der Waals surface area contributed by atoms with E-state index in [1.807, 2.05) is 30.3 Å². The lowest BCUT2D eigenvalue weighted by Crippen LogP contribution is -2.70. The van der Waals surface area contributed by atoms with Crippen LogP contribution in [0.25, 0.3) is 6.08 Å². The molecule has 0 radical (unpaired) electrons. The summed E-state index contributed by atoms with van der Waals surface area (Å²) in [5.41, 5.74) is -0.797. The van der Waals surface area contributed by atoms with Crippen LogP contribution in [-0.4, -0.2) is 132 Å². The molecule has 4 saturated heterocycles. The summed E-state index contributed by atoms with van der Waals surface area (Å²) in [6.45, 7) is 8.45. The average Bonchev–Trinajstić information content (AvgIpc) is 3.92. The maximum atomic E-state index is 15.4. The predicted octanol–water partition coefficient (Wildman–Crippen LogP) is 2.40. The first kappa shape index (κ1) is 44.8. The summed E-state index contributed by atoms with van der Waals surface area (Å²) >= 11 is 0. The summed E-state index contributed by atoms with van der Waals surface area (Å²) in [6.07, 6.45) is -1.32. The molecule has 334 valence electrons. The molecule has 9 atom stereocenters. The minimum atomic E-state index is -1.56. The van der Waals surface area contributed by atoms with Crippen LogP contribution in [0, 0.1) is 10.8 Å². The lowest BCUT2D eigenvalue weighted by molar-refractivity contribution is -0.204. The Bertz CT molecular complexity index is 2050. The smallest absolute Gasteiger partial charge is 0.348 e. The van der Waals surface area contributed by atoms with Gasteiger partial charge in [-0.25, -0.2) is 9.59 Å². The molecular formula is C45H55N3O14. The number of rotatable bonds is 15. The molecule has 62 heavy (non-hydrogen) atoms. The van der Waals surface area contributed by atoms with Gasteiger partial charge in [-0.1, -0.05) is 68.4 Å². The van der Waals surface area contributed by atoms with E-state index in [1.165, 1.54) is 23.1 Å². The Morgan fingerprint density at radius 1 is 1.00 bits per heavy atom. The molecule has 1 saturated carbocycles. The fraction of sp³-hybridized carbons (Fsp3) is 0.556. The van der Waals surface area contributed by atoms with Crippen LogP contribution in [0.2, 0.25) is 0 Å². The number of amides is 2. The number of likely N-dealkylation sites (N-methyl/N-ethyl adjacent to an activating group) is 1. The van der Waals surface area contributed by atoms with Crippen molar-refractivity contribution in [2.45, 2.75) is 121 Å². The van der Waals surface area contributed by atoms with Crippen molar-refractivity contribution in [2.75, 3.05) is 27.1 Å². The molecule has 5 fully saturated rings. The van der Waals surface area contributed by atoms with Gasteiger partial charge in [0.05, 0.1) is 19.2 Å². The molecule has 2 bridgehead atoms. The number of hydrogen-bond donors (Lipinski definition) is 2. The molecule has 2 amide bonds. The van der Waals surface area contributed by atoms with E-state index in [0.29, 0.717) is 11.1 Å². The van der Waals surface area contributed by atoms with Gasteiger partial charge in [-0.05, 0) is 50.0 Å². The number of hydroxylamine groups is 2. The predicted molar refractivity (Wildman–Crippen MR) is 217 cm³/mol. The molecule has 17 heteroatoms. The largest absolute Gasteiger partial charge is 0.462 e. The number of carbonyl (C=O) groups excluding carboxylic acids is 6. The van der Waals surface area contributed by atoms with Crippen molar-refractivity contribution in [1.82, 2.24) is 15.3 Å². The van der Waals surface area contributed by atoms with Crippen LogP contribution in [-0.2, 0) is 75.0 Å². The number of esters is 4. The lowest BCUT2D eigenvalue weighted by atomic mass is 9.62. The number of ether oxygens (including phenoxy) is 6. The number of benzene rings is 2. The van der Waals surface area contributed by atoms with Crippen LogP contribution >= 0.6 is 0 Å². The van der Waals surface area contributed by atoms with Crippen molar-refractivity contribution < 1.29 is 67.1 Å². The summed E-state index contributed by atoms with van der Waals surface area (Å²) in [6, 6.07) is 13.1. The van der Waals surface area contributed by atoms with E-state index < -0.39 is 107 Å². The second-order valence-corrected chi connectivity index (χ2v) is 18.2. The van der Waals surface area contributed by atoms with Crippen LogP contribution in [0.1, 0.15) is 70.6 Å². The normalized spacial score (nSPS) is 28.4. The third-order valence-corrected chi connectivity index (χ3v) is 12.0. The molecule has 0 spiro atoms. The average molecular weight is 862 g/mol. The fourth-order valence-electron chi connectivity index (χ4n) is 8.89. The van der Waals surface area contributed by atoms with Crippen LogP contribution in [0.5, 0.6) is 0 Å². The molecule has 2 aromatic carbocycles. The van der Waals surface area contributed by atoms with Gasteiger partial charge in [0.25, 0.3) is 0 Å². The third kappa shape index (κ3) is 9.27. The molecule has 2 N–H and O–H groups in total. The molecular weight excluding hydrogens is 807 g/mol. The summed E-state index contributed by atoms with van der Waals surface area (Å²) in [5.74, 6) is -3.53. The maximum Gasteiger partial charge on any atom is 0.348 e. The highest BCUT2D eigenvalue weighted by atomic mass is 16.8. The van der Waals surface area contributed by atoms with Crippen LogP contribution in [0.3, 0.4) is 0 Å². The molecule has 0 aromatic heterocycles. The Morgan fingerprint density at radius 2 is 1.71 bits per heavy atom. The number of carbonyl (C=O) groups is 6. The highest BCUT2D eigenvalue weighted by Gasteiger charge is 2.75. The first-order valence-corrected chi connectivity index (χ1v) is 20.9. The fourth-order valence-corrected chi connectivity index (χ4v) is 8.89. The van der Waals surface area contributed by atoms with Crippen LogP contribution < -0.4 is 5.32 Å². The van der Waals surface area contributed by atoms with E-state index >= 15 is 4.79 Å². The van der Waals surface area contributed by atoms with Crippen LogP contribution in [0.4, 0.5) is 0 Å². The number of aliphatic hydroxyl groups excluding tert-OH is 1. The second kappa shape index (κ2) is 17.9. The van der Waals surface area contributed by atoms with Gasteiger partial charge in [0.2, 0.25) is 17.9 Å². The number of aliphatic hydroxyl groups is 1. The Morgan fingerprint density at radius 3 is 2.37 bits per heavy atom. The minimum absolute atomic E-state index is 0.0443. The van der Waals surface area contributed by atoms with Gasteiger partial charge in [0.1, 0.15) is 54.9 Å². The summed E-state index contributed by atoms with van der Waals surface area (Å²) < 4.78 is 33.7. The van der Waals surface area contributed by atoms with Crippen molar-refractivity contribution in [3.05, 3.63) is 77.4 Å². The minimum Gasteiger partial charge on any atom is -0.462 e.